The number of hydrogen-bond donors (Lipinski definition) is 1. The third-order valence-corrected chi connectivity index (χ3v) is 11.1. The summed E-state index contributed by atoms with van der Waals surface area (Å²) in [4.78, 5) is 0. The van der Waals surface area contributed by atoms with Gasteiger partial charge in [-0.1, -0.05) is 167 Å². The van der Waals surface area contributed by atoms with Crippen LogP contribution in [0.5, 0.6) is 0 Å². The molecule has 0 saturated heterocycles. The molecule has 0 radical (unpaired) electrons. The molecule has 0 bridgehead atoms. The van der Waals surface area contributed by atoms with Crippen molar-refractivity contribution in [2.75, 3.05) is 38.4 Å². The summed E-state index contributed by atoms with van der Waals surface area (Å²) in [6, 6.07) is 0. The van der Waals surface area contributed by atoms with Crippen LogP contribution in [0.3, 0.4) is 0 Å². The molecule has 296 valence electrons. The molecule has 0 rings (SSSR count). The fourth-order valence-electron chi connectivity index (χ4n) is 5.42. The van der Waals surface area contributed by atoms with E-state index < -0.39 is 0 Å². The van der Waals surface area contributed by atoms with Crippen molar-refractivity contribution in [2.24, 2.45) is 0 Å². The molecule has 51 heavy (non-hydrogen) atoms. The van der Waals surface area contributed by atoms with Crippen LogP contribution in [0.1, 0.15) is 175 Å². The summed E-state index contributed by atoms with van der Waals surface area (Å²) < 4.78 is 12.5. The Labute approximate surface area is 327 Å². The highest BCUT2D eigenvalue weighted by atomic mass is 33.1. The first-order valence-electron chi connectivity index (χ1n) is 21.0. The molecule has 1 N–H and O–H groups in total. The zero-order valence-electron chi connectivity index (χ0n) is 34.1. The van der Waals surface area contributed by atoms with Gasteiger partial charge in [0.05, 0.1) is 12.7 Å². The molecular formula is C46H83NO2S2. The number of ether oxygens (including phenoxy) is 2. The number of nitrogens with one attached hydrogen (secondary N) is 1. The van der Waals surface area contributed by atoms with Crippen LogP contribution >= 0.6 is 21.6 Å². The predicted octanol–water partition coefficient (Wildman–Crippen LogP) is 14.8. The van der Waals surface area contributed by atoms with E-state index >= 15 is 0 Å². The molecule has 0 saturated carbocycles. The summed E-state index contributed by atoms with van der Waals surface area (Å²) in [5.74, 6) is 1.99. The van der Waals surface area contributed by atoms with Gasteiger partial charge in [0.2, 0.25) is 0 Å². The maximum Gasteiger partial charge on any atom is 0.0906 e. The van der Waals surface area contributed by atoms with Gasteiger partial charge in [-0.25, -0.2) is 0 Å². The van der Waals surface area contributed by atoms with E-state index in [0.717, 1.165) is 57.0 Å². The average molecular weight is 746 g/mol. The number of allylic oxidation sites excluding steroid dienone is 9. The fourth-order valence-corrected chi connectivity index (χ4v) is 7.76. The molecule has 0 spiro atoms. The molecule has 1 unspecified atom stereocenters. The van der Waals surface area contributed by atoms with Crippen LogP contribution in [0.15, 0.2) is 60.4 Å². The molecule has 0 aliphatic rings. The first-order chi connectivity index (χ1) is 25.3. The quantitative estimate of drug-likeness (QED) is 0.0293. The standard InChI is InChI=1S/C44H81NO2S2.C2H2/c1-5-8-10-12-14-16-18-20-22-24-26-28-30-32-34-36-38-46-40-44(42-49-48-41-43(7-3)45-4)47-39-37-35-33-31-29-27-25-23-21-19-17-15-13-11-9-6-2;1-2/h7,14-17,20-23,44-45H,5-6,8-13,18-19,24-42H2,1-4H3;1-2H/b16-14-,17-15-,22-20-,23-21-,43-7-;. The first-order valence-corrected chi connectivity index (χ1v) is 23.5. The van der Waals surface area contributed by atoms with Crippen LogP contribution in [0.2, 0.25) is 0 Å². The van der Waals surface area contributed by atoms with Gasteiger partial charge < -0.3 is 14.8 Å². The van der Waals surface area contributed by atoms with E-state index in [2.05, 4.69) is 93.6 Å². The Bertz CT molecular complexity index is 832. The van der Waals surface area contributed by atoms with Gasteiger partial charge in [-0.3, -0.25) is 0 Å². The molecule has 0 aliphatic heterocycles. The van der Waals surface area contributed by atoms with Gasteiger partial charge in [0, 0.05) is 37.5 Å². The van der Waals surface area contributed by atoms with Crippen LogP contribution in [0.25, 0.3) is 0 Å². The Balaban J connectivity index is 0. The summed E-state index contributed by atoms with van der Waals surface area (Å²) in [5, 5.41) is 3.28. The maximum absolute atomic E-state index is 6.34. The van der Waals surface area contributed by atoms with Gasteiger partial charge in [-0.15, -0.1) is 12.8 Å². The van der Waals surface area contributed by atoms with Crippen LogP contribution < -0.4 is 5.32 Å². The number of hydrogen-bond acceptors (Lipinski definition) is 5. The van der Waals surface area contributed by atoms with E-state index in [0.29, 0.717) is 0 Å². The zero-order chi connectivity index (χ0) is 37.6. The van der Waals surface area contributed by atoms with Crippen molar-refractivity contribution in [1.82, 2.24) is 5.32 Å². The fraction of sp³-hybridized carbons (Fsp3) is 0.739. The molecule has 0 aromatic rings. The summed E-state index contributed by atoms with van der Waals surface area (Å²) in [7, 11) is 5.82. The third kappa shape index (κ3) is 44.8. The number of rotatable bonds is 39. The van der Waals surface area contributed by atoms with E-state index in [-0.39, 0.29) is 6.10 Å². The topological polar surface area (TPSA) is 30.5 Å². The molecule has 0 aromatic heterocycles. The predicted molar refractivity (Wildman–Crippen MR) is 237 cm³/mol. The number of terminal acetylenes is 1. The van der Waals surface area contributed by atoms with Crippen LogP contribution in [0.4, 0.5) is 0 Å². The minimum absolute atomic E-state index is 0.184. The van der Waals surface area contributed by atoms with Crippen molar-refractivity contribution in [1.29, 1.82) is 0 Å². The molecular weight excluding hydrogens is 663 g/mol. The number of unbranched alkanes of at least 4 members (excludes halogenated alkanes) is 18. The van der Waals surface area contributed by atoms with Gasteiger partial charge >= 0.3 is 0 Å². The van der Waals surface area contributed by atoms with Crippen LogP contribution in [0, 0.1) is 12.8 Å². The molecule has 3 nitrogen and oxygen atoms in total. The van der Waals surface area contributed by atoms with Gasteiger partial charge in [-0.2, -0.15) is 0 Å². The maximum atomic E-state index is 6.34. The molecule has 1 atom stereocenters. The van der Waals surface area contributed by atoms with Crippen molar-refractivity contribution in [3.63, 3.8) is 0 Å². The monoisotopic (exact) mass is 746 g/mol. The van der Waals surface area contributed by atoms with E-state index in [9.17, 15) is 0 Å². The minimum atomic E-state index is 0.184. The highest BCUT2D eigenvalue weighted by molar-refractivity contribution is 8.76. The lowest BCUT2D eigenvalue weighted by molar-refractivity contribution is -0.00609. The Kier molecular flexibility index (Phi) is 49.4. The Morgan fingerprint density at radius 3 is 1.45 bits per heavy atom. The van der Waals surface area contributed by atoms with E-state index in [1.807, 2.05) is 28.6 Å². The second-order valence-corrected chi connectivity index (χ2v) is 15.9. The largest absolute Gasteiger partial charge is 0.391 e. The lowest BCUT2D eigenvalue weighted by atomic mass is 10.1. The Morgan fingerprint density at radius 2 is 1.00 bits per heavy atom. The average Bonchev–Trinajstić information content (AvgIpc) is 3.16. The highest BCUT2D eigenvalue weighted by Crippen LogP contribution is 2.25. The minimum Gasteiger partial charge on any atom is -0.391 e. The van der Waals surface area contributed by atoms with Crippen molar-refractivity contribution >= 4 is 21.6 Å². The second kappa shape index (κ2) is 48.7. The van der Waals surface area contributed by atoms with Gasteiger partial charge in [-0.05, 0) is 84.0 Å². The summed E-state index contributed by atoms with van der Waals surface area (Å²) in [6.45, 7) is 9.06. The molecule has 0 fully saturated rings. The zero-order valence-corrected chi connectivity index (χ0v) is 35.7. The molecule has 0 amide bonds. The molecule has 5 heteroatoms. The van der Waals surface area contributed by atoms with Crippen molar-refractivity contribution in [2.45, 2.75) is 181 Å². The van der Waals surface area contributed by atoms with Crippen molar-refractivity contribution in [3.05, 3.63) is 60.4 Å². The SMILES string of the molecule is C#C.C/C=C(/CSSCC(COCCCCCCCC/C=C\C/C=C\CCCCC)OCCCCCCCC/C=C\C/C=C\CCCCC)NC. The second-order valence-electron chi connectivity index (χ2n) is 13.3. The molecule has 0 aromatic carbocycles. The lowest BCUT2D eigenvalue weighted by Gasteiger charge is -2.18. The highest BCUT2D eigenvalue weighted by Gasteiger charge is 2.11. The summed E-state index contributed by atoms with van der Waals surface area (Å²) in [6.07, 6.45) is 59.8. The third-order valence-electron chi connectivity index (χ3n) is 8.71. The molecule has 0 aliphatic carbocycles. The van der Waals surface area contributed by atoms with Crippen molar-refractivity contribution < 1.29 is 9.47 Å². The first kappa shape index (κ1) is 51.8. The Hall–Kier alpha value is -1.32. The van der Waals surface area contributed by atoms with Gasteiger partial charge in [0.15, 0.2) is 0 Å². The van der Waals surface area contributed by atoms with E-state index in [4.69, 9.17) is 9.47 Å². The smallest absolute Gasteiger partial charge is 0.0906 e. The normalized spacial score (nSPS) is 12.8. The molecule has 0 heterocycles. The Morgan fingerprint density at radius 1 is 0.569 bits per heavy atom. The van der Waals surface area contributed by atoms with E-state index in [1.54, 1.807) is 0 Å². The van der Waals surface area contributed by atoms with Gasteiger partial charge in [0.25, 0.3) is 0 Å². The van der Waals surface area contributed by atoms with Crippen LogP contribution in [-0.4, -0.2) is 44.5 Å². The summed E-state index contributed by atoms with van der Waals surface area (Å²) >= 11 is 0. The summed E-state index contributed by atoms with van der Waals surface area (Å²) in [5.41, 5.74) is 1.28. The van der Waals surface area contributed by atoms with E-state index in [1.165, 1.54) is 134 Å². The van der Waals surface area contributed by atoms with Crippen molar-refractivity contribution in [3.8, 4) is 12.8 Å². The van der Waals surface area contributed by atoms with Gasteiger partial charge in [0.1, 0.15) is 0 Å². The van der Waals surface area contributed by atoms with Crippen LogP contribution in [-0.2, 0) is 9.47 Å². The lowest BCUT2D eigenvalue weighted by Crippen LogP contribution is -2.23.